The Morgan fingerprint density at radius 1 is 1.15 bits per heavy atom. The van der Waals surface area contributed by atoms with Gasteiger partial charge in [0.05, 0.1) is 0 Å². The minimum Gasteiger partial charge on any atom is -0.350 e. The summed E-state index contributed by atoms with van der Waals surface area (Å²) in [5.41, 5.74) is 4.53. The van der Waals surface area contributed by atoms with Gasteiger partial charge in [-0.25, -0.2) is 0 Å². The van der Waals surface area contributed by atoms with Gasteiger partial charge >= 0.3 is 0 Å². The lowest BCUT2D eigenvalue weighted by Gasteiger charge is -2.17. The lowest BCUT2D eigenvalue weighted by Crippen LogP contribution is -2.13. The van der Waals surface area contributed by atoms with E-state index in [1.54, 1.807) is 0 Å². The molecule has 0 bridgehead atoms. The molecule has 1 unspecified atom stereocenters. The number of likely N-dealkylation sites (tertiary alicyclic amines) is 1. The number of hydrogen-bond acceptors (Lipinski definition) is 1. The summed E-state index contributed by atoms with van der Waals surface area (Å²) in [6.07, 6.45) is 3.59. The van der Waals surface area contributed by atoms with E-state index in [2.05, 4.69) is 68.7 Å². The van der Waals surface area contributed by atoms with Crippen molar-refractivity contribution < 1.29 is 0 Å². The van der Waals surface area contributed by atoms with Gasteiger partial charge in [0.25, 0.3) is 0 Å². The molecule has 1 aromatic carbocycles. The topological polar surface area (TPSA) is 8.17 Å². The Kier molecular flexibility index (Phi) is 3.17. The van der Waals surface area contributed by atoms with Crippen molar-refractivity contribution in [3.05, 3.63) is 35.5 Å². The van der Waals surface area contributed by atoms with Gasteiger partial charge in [-0.05, 0) is 48.5 Å². The summed E-state index contributed by atoms with van der Waals surface area (Å²) < 4.78 is 2.29. The maximum Gasteiger partial charge on any atom is 0.0483 e. The molecule has 3 rings (SSSR count). The van der Waals surface area contributed by atoms with E-state index < -0.39 is 0 Å². The molecule has 1 saturated heterocycles. The monoisotopic (exact) mass is 270 g/mol. The predicted octanol–water partition coefficient (Wildman–Crippen LogP) is 3.89. The number of rotatable bonds is 1. The molecular weight excluding hydrogens is 244 g/mol. The zero-order valence-electron chi connectivity index (χ0n) is 13.4. The lowest BCUT2D eigenvalue weighted by atomic mass is 9.86. The molecule has 0 aliphatic carbocycles. The van der Waals surface area contributed by atoms with Crippen LogP contribution in [0.3, 0.4) is 0 Å². The predicted molar refractivity (Wildman–Crippen MR) is 86.5 cm³/mol. The normalized spacial score (nSPS) is 20.9. The van der Waals surface area contributed by atoms with E-state index in [-0.39, 0.29) is 5.41 Å². The number of hydrogen-bond donors (Lipinski definition) is 0. The lowest BCUT2D eigenvalue weighted by molar-refractivity contribution is 0.411. The average molecular weight is 270 g/mol. The molecule has 1 fully saturated rings. The molecule has 1 aromatic heterocycles. The van der Waals surface area contributed by atoms with Crippen molar-refractivity contribution >= 4 is 10.9 Å². The first kappa shape index (κ1) is 13.7. The molecule has 0 saturated carbocycles. The summed E-state index contributed by atoms with van der Waals surface area (Å²) >= 11 is 0. The second-order valence-corrected chi connectivity index (χ2v) is 7.43. The van der Waals surface area contributed by atoms with Crippen molar-refractivity contribution in [3.8, 4) is 0 Å². The minimum absolute atomic E-state index is 0.203. The SMILES string of the molecule is CN1CCC(c2ccc3c(C(C)(C)C)cn(C)c3c2)C1. The van der Waals surface area contributed by atoms with Crippen molar-refractivity contribution in [3.63, 3.8) is 0 Å². The highest BCUT2D eigenvalue weighted by Gasteiger charge is 2.23. The Bertz CT molecular complexity index is 631. The molecule has 2 heterocycles. The third-order valence-electron chi connectivity index (χ3n) is 4.69. The molecule has 0 amide bonds. The van der Waals surface area contributed by atoms with Gasteiger partial charge in [-0.3, -0.25) is 0 Å². The quantitative estimate of drug-likeness (QED) is 0.763. The molecule has 1 atom stereocenters. The summed E-state index contributed by atoms with van der Waals surface area (Å²) in [6, 6.07) is 7.10. The van der Waals surface area contributed by atoms with E-state index in [1.165, 1.54) is 41.5 Å². The Morgan fingerprint density at radius 3 is 2.50 bits per heavy atom. The third-order valence-corrected chi connectivity index (χ3v) is 4.69. The number of benzene rings is 1. The highest BCUT2D eigenvalue weighted by molar-refractivity contribution is 5.85. The van der Waals surface area contributed by atoms with Gasteiger partial charge in [-0.2, -0.15) is 0 Å². The Balaban J connectivity index is 2.06. The van der Waals surface area contributed by atoms with Gasteiger partial charge in [-0.15, -0.1) is 0 Å². The molecule has 20 heavy (non-hydrogen) atoms. The largest absolute Gasteiger partial charge is 0.350 e. The van der Waals surface area contributed by atoms with E-state index in [0.29, 0.717) is 5.92 Å². The molecule has 0 radical (unpaired) electrons. The van der Waals surface area contributed by atoms with Crippen molar-refractivity contribution in [1.29, 1.82) is 0 Å². The maximum atomic E-state index is 2.43. The van der Waals surface area contributed by atoms with Gasteiger partial charge in [0.2, 0.25) is 0 Å². The molecule has 1 aliphatic heterocycles. The molecule has 2 aromatic rings. The smallest absolute Gasteiger partial charge is 0.0483 e. The summed E-state index contributed by atoms with van der Waals surface area (Å²) in [5, 5.41) is 1.41. The van der Waals surface area contributed by atoms with Crippen molar-refractivity contribution in [1.82, 2.24) is 9.47 Å². The van der Waals surface area contributed by atoms with Crippen molar-refractivity contribution in [2.24, 2.45) is 7.05 Å². The van der Waals surface area contributed by atoms with Gasteiger partial charge in [0, 0.05) is 30.7 Å². The second-order valence-electron chi connectivity index (χ2n) is 7.43. The zero-order chi connectivity index (χ0) is 14.5. The number of fused-ring (bicyclic) bond motifs is 1. The average Bonchev–Trinajstić information content (AvgIpc) is 2.93. The molecular formula is C18H26N2. The Morgan fingerprint density at radius 2 is 1.90 bits per heavy atom. The summed E-state index contributed by atoms with van der Waals surface area (Å²) in [4.78, 5) is 2.43. The second kappa shape index (κ2) is 4.63. The number of aryl methyl sites for hydroxylation is 1. The molecule has 108 valence electrons. The van der Waals surface area contributed by atoms with E-state index in [1.807, 2.05) is 0 Å². The van der Waals surface area contributed by atoms with Crippen molar-refractivity contribution in [2.45, 2.75) is 38.5 Å². The van der Waals surface area contributed by atoms with Gasteiger partial charge in [0.15, 0.2) is 0 Å². The van der Waals surface area contributed by atoms with Crippen LogP contribution in [0.1, 0.15) is 44.2 Å². The van der Waals surface area contributed by atoms with Crippen LogP contribution >= 0.6 is 0 Å². The van der Waals surface area contributed by atoms with Gasteiger partial charge < -0.3 is 9.47 Å². The van der Waals surface area contributed by atoms with Gasteiger partial charge in [-0.1, -0.05) is 32.9 Å². The van der Waals surface area contributed by atoms with Crippen LogP contribution in [0.4, 0.5) is 0 Å². The zero-order valence-corrected chi connectivity index (χ0v) is 13.4. The fraction of sp³-hybridized carbons (Fsp3) is 0.556. The first-order chi connectivity index (χ1) is 9.36. The minimum atomic E-state index is 0.203. The van der Waals surface area contributed by atoms with Crippen LogP contribution in [0.25, 0.3) is 10.9 Å². The van der Waals surface area contributed by atoms with Crippen LogP contribution in [0.15, 0.2) is 24.4 Å². The Hall–Kier alpha value is -1.28. The third kappa shape index (κ3) is 2.26. The van der Waals surface area contributed by atoms with E-state index in [9.17, 15) is 0 Å². The summed E-state index contributed by atoms with van der Waals surface area (Å²) in [6.45, 7) is 9.30. The van der Waals surface area contributed by atoms with E-state index >= 15 is 0 Å². The van der Waals surface area contributed by atoms with Crippen LogP contribution in [0.5, 0.6) is 0 Å². The molecule has 0 spiro atoms. The van der Waals surface area contributed by atoms with Crippen molar-refractivity contribution in [2.75, 3.05) is 20.1 Å². The van der Waals surface area contributed by atoms with E-state index in [0.717, 1.165) is 0 Å². The number of nitrogens with zero attached hydrogens (tertiary/aromatic N) is 2. The molecule has 1 aliphatic rings. The summed E-state index contributed by atoms with van der Waals surface area (Å²) in [7, 11) is 4.39. The van der Waals surface area contributed by atoms with Crippen LogP contribution in [-0.4, -0.2) is 29.6 Å². The van der Waals surface area contributed by atoms with Gasteiger partial charge in [0.1, 0.15) is 0 Å². The first-order valence-corrected chi connectivity index (χ1v) is 7.64. The van der Waals surface area contributed by atoms with Crippen LogP contribution < -0.4 is 0 Å². The van der Waals surface area contributed by atoms with E-state index in [4.69, 9.17) is 0 Å². The van der Waals surface area contributed by atoms with Crippen LogP contribution in [0.2, 0.25) is 0 Å². The Labute approximate surface area is 122 Å². The van der Waals surface area contributed by atoms with Crippen LogP contribution in [-0.2, 0) is 12.5 Å². The molecule has 2 heteroatoms. The van der Waals surface area contributed by atoms with Crippen LogP contribution in [0, 0.1) is 0 Å². The molecule has 0 N–H and O–H groups in total. The maximum absolute atomic E-state index is 2.43. The highest BCUT2D eigenvalue weighted by Crippen LogP contribution is 2.34. The fourth-order valence-electron chi connectivity index (χ4n) is 3.46. The number of likely N-dealkylation sites (N-methyl/N-ethyl adjacent to an activating group) is 1. The fourth-order valence-corrected chi connectivity index (χ4v) is 3.46. The standard InChI is InChI=1S/C18H26N2/c1-18(2,3)16-12-20(5)17-10-13(6-7-15(16)17)14-8-9-19(4)11-14/h6-7,10,12,14H,8-9,11H2,1-5H3. The number of aromatic nitrogens is 1. The molecule has 2 nitrogen and oxygen atoms in total. The summed E-state index contributed by atoms with van der Waals surface area (Å²) in [5.74, 6) is 0.706. The first-order valence-electron chi connectivity index (χ1n) is 7.64. The highest BCUT2D eigenvalue weighted by atomic mass is 15.1.